The number of carbonyl (C=O) groups excluding carboxylic acids is 1. The SMILES string of the molecule is CCN1c2ccc(/C=N/NC(=O)CSc3ccc(OC)cc3)cc2C(C)=CC1(C)C. The monoisotopic (exact) mass is 423 g/mol. The van der Waals surface area contributed by atoms with Crippen molar-refractivity contribution in [3.63, 3.8) is 0 Å². The number of fused-ring (bicyclic) bond motifs is 1. The summed E-state index contributed by atoms with van der Waals surface area (Å²) in [6.45, 7) is 9.73. The third kappa shape index (κ3) is 5.05. The summed E-state index contributed by atoms with van der Waals surface area (Å²) >= 11 is 1.46. The quantitative estimate of drug-likeness (QED) is 0.389. The summed E-state index contributed by atoms with van der Waals surface area (Å²) in [6, 6.07) is 13.9. The number of nitrogens with one attached hydrogen (secondary N) is 1. The topological polar surface area (TPSA) is 53.9 Å². The van der Waals surface area contributed by atoms with E-state index in [1.807, 2.05) is 30.3 Å². The lowest BCUT2D eigenvalue weighted by molar-refractivity contribution is -0.118. The van der Waals surface area contributed by atoms with Crippen molar-refractivity contribution < 1.29 is 9.53 Å². The fourth-order valence-electron chi connectivity index (χ4n) is 3.79. The van der Waals surface area contributed by atoms with Gasteiger partial charge in [0.2, 0.25) is 5.91 Å². The predicted octanol–water partition coefficient (Wildman–Crippen LogP) is 4.96. The van der Waals surface area contributed by atoms with E-state index in [4.69, 9.17) is 4.74 Å². The van der Waals surface area contributed by atoms with E-state index in [2.05, 4.69) is 61.3 Å². The Morgan fingerprint density at radius 1 is 1.23 bits per heavy atom. The molecule has 158 valence electrons. The van der Waals surface area contributed by atoms with Gasteiger partial charge in [0.05, 0.1) is 24.6 Å². The van der Waals surface area contributed by atoms with Crippen molar-refractivity contribution in [2.45, 2.75) is 38.1 Å². The number of hydrogen-bond acceptors (Lipinski definition) is 5. The molecule has 0 fully saturated rings. The van der Waals surface area contributed by atoms with Gasteiger partial charge in [0.1, 0.15) is 5.75 Å². The molecule has 3 rings (SSSR count). The number of thioether (sulfide) groups is 1. The van der Waals surface area contributed by atoms with Gasteiger partial charge in [-0.1, -0.05) is 12.1 Å². The minimum absolute atomic E-state index is 0.00301. The van der Waals surface area contributed by atoms with E-state index in [0.717, 1.165) is 22.8 Å². The number of benzene rings is 2. The lowest BCUT2D eigenvalue weighted by Crippen LogP contribution is -2.44. The molecule has 0 spiro atoms. The summed E-state index contributed by atoms with van der Waals surface area (Å²) < 4.78 is 5.14. The molecule has 1 heterocycles. The fourth-order valence-corrected chi connectivity index (χ4v) is 4.48. The zero-order valence-electron chi connectivity index (χ0n) is 18.2. The number of anilines is 1. The van der Waals surface area contributed by atoms with E-state index >= 15 is 0 Å². The van der Waals surface area contributed by atoms with E-state index in [0.29, 0.717) is 5.75 Å². The second-order valence-corrected chi connectivity index (χ2v) is 8.81. The van der Waals surface area contributed by atoms with Crippen LogP contribution in [0.15, 0.2) is 58.5 Å². The van der Waals surface area contributed by atoms with Crippen molar-refractivity contribution in [3.8, 4) is 5.75 Å². The van der Waals surface area contributed by atoms with Gasteiger partial charge in [-0.15, -0.1) is 11.8 Å². The van der Waals surface area contributed by atoms with Crippen LogP contribution in [-0.4, -0.2) is 37.1 Å². The number of carbonyl (C=O) groups is 1. The second-order valence-electron chi connectivity index (χ2n) is 7.76. The molecule has 0 saturated heterocycles. The van der Waals surface area contributed by atoms with E-state index in [1.54, 1.807) is 13.3 Å². The van der Waals surface area contributed by atoms with Crippen LogP contribution < -0.4 is 15.1 Å². The van der Waals surface area contributed by atoms with Crippen LogP contribution in [0.25, 0.3) is 5.57 Å². The first-order chi connectivity index (χ1) is 14.3. The zero-order valence-corrected chi connectivity index (χ0v) is 19.0. The number of rotatable bonds is 7. The third-order valence-electron chi connectivity index (χ3n) is 5.15. The minimum Gasteiger partial charge on any atom is -0.497 e. The van der Waals surface area contributed by atoms with Crippen molar-refractivity contribution in [2.75, 3.05) is 24.3 Å². The highest BCUT2D eigenvalue weighted by Gasteiger charge is 2.29. The zero-order chi connectivity index (χ0) is 21.7. The standard InChI is InChI=1S/C24H29N3O2S/c1-6-27-22-12-7-18(13-21(22)17(2)14-24(27,3)4)15-25-26-23(28)16-30-20-10-8-19(29-5)9-11-20/h7-15H,6,16H2,1-5H3,(H,26,28)/b25-15+. The Bertz CT molecular complexity index is 965. The molecule has 1 aliphatic rings. The molecule has 0 unspecified atom stereocenters. The van der Waals surface area contributed by atoms with E-state index < -0.39 is 0 Å². The van der Waals surface area contributed by atoms with Crippen LogP contribution in [0.3, 0.4) is 0 Å². The van der Waals surface area contributed by atoms with Crippen LogP contribution in [0.1, 0.15) is 38.8 Å². The van der Waals surface area contributed by atoms with Gasteiger partial charge in [0.15, 0.2) is 0 Å². The maximum atomic E-state index is 12.1. The van der Waals surface area contributed by atoms with E-state index in [-0.39, 0.29) is 11.4 Å². The Morgan fingerprint density at radius 2 is 1.97 bits per heavy atom. The molecule has 0 bridgehead atoms. The molecular weight excluding hydrogens is 394 g/mol. The van der Waals surface area contributed by atoms with Crippen molar-refractivity contribution >= 4 is 35.1 Å². The Hall–Kier alpha value is -2.73. The van der Waals surface area contributed by atoms with Gasteiger partial charge in [-0.2, -0.15) is 5.10 Å². The van der Waals surface area contributed by atoms with Crippen molar-refractivity contribution in [1.29, 1.82) is 0 Å². The average molecular weight is 424 g/mol. The Labute approximate surface area is 183 Å². The second kappa shape index (κ2) is 9.39. The summed E-state index contributed by atoms with van der Waals surface area (Å²) in [5.41, 5.74) is 7.27. The Kier molecular flexibility index (Phi) is 6.87. The number of methoxy groups -OCH3 is 1. The maximum absolute atomic E-state index is 12.1. The number of ether oxygens (including phenoxy) is 1. The van der Waals surface area contributed by atoms with Crippen molar-refractivity contribution in [1.82, 2.24) is 5.43 Å². The Morgan fingerprint density at radius 3 is 2.63 bits per heavy atom. The molecule has 0 aliphatic carbocycles. The van der Waals surface area contributed by atoms with Crippen LogP contribution in [0.4, 0.5) is 5.69 Å². The maximum Gasteiger partial charge on any atom is 0.250 e. The molecule has 6 heteroatoms. The van der Waals surface area contributed by atoms with Gasteiger partial charge >= 0.3 is 0 Å². The highest BCUT2D eigenvalue weighted by atomic mass is 32.2. The Balaban J connectivity index is 1.60. The van der Waals surface area contributed by atoms with Gasteiger partial charge in [-0.25, -0.2) is 5.43 Å². The number of hydrazone groups is 1. The lowest BCUT2D eigenvalue weighted by Gasteiger charge is -2.42. The number of hydrogen-bond donors (Lipinski definition) is 1. The molecule has 1 aliphatic heterocycles. The fraction of sp³-hybridized carbons (Fsp3) is 0.333. The number of nitrogens with zero attached hydrogens (tertiary/aromatic N) is 2. The molecule has 2 aromatic rings. The van der Waals surface area contributed by atoms with Crippen LogP contribution in [0.5, 0.6) is 5.75 Å². The molecule has 1 amide bonds. The highest BCUT2D eigenvalue weighted by Crippen LogP contribution is 2.38. The molecule has 5 nitrogen and oxygen atoms in total. The molecule has 2 aromatic carbocycles. The average Bonchev–Trinajstić information content (AvgIpc) is 2.72. The molecule has 30 heavy (non-hydrogen) atoms. The van der Waals surface area contributed by atoms with Crippen LogP contribution >= 0.6 is 11.8 Å². The van der Waals surface area contributed by atoms with Crippen LogP contribution in [0, 0.1) is 0 Å². The van der Waals surface area contributed by atoms with Crippen LogP contribution in [-0.2, 0) is 4.79 Å². The molecule has 0 atom stereocenters. The molecule has 0 aromatic heterocycles. The summed E-state index contributed by atoms with van der Waals surface area (Å²) in [5.74, 6) is 0.963. The van der Waals surface area contributed by atoms with E-state index in [9.17, 15) is 4.79 Å². The molecule has 0 radical (unpaired) electrons. The largest absolute Gasteiger partial charge is 0.497 e. The predicted molar refractivity (Wildman–Crippen MR) is 127 cm³/mol. The van der Waals surface area contributed by atoms with Crippen molar-refractivity contribution in [2.24, 2.45) is 5.10 Å². The number of amides is 1. The van der Waals surface area contributed by atoms with Gasteiger partial charge in [0, 0.05) is 22.7 Å². The first-order valence-electron chi connectivity index (χ1n) is 10.0. The molecule has 1 N–H and O–H groups in total. The summed E-state index contributed by atoms with van der Waals surface area (Å²) in [6.07, 6.45) is 4.00. The van der Waals surface area contributed by atoms with Crippen molar-refractivity contribution in [3.05, 3.63) is 59.7 Å². The van der Waals surface area contributed by atoms with E-state index in [1.165, 1.54) is 28.6 Å². The summed E-state index contributed by atoms with van der Waals surface area (Å²) in [7, 11) is 1.63. The van der Waals surface area contributed by atoms with Gasteiger partial charge in [-0.3, -0.25) is 4.79 Å². The minimum atomic E-state index is -0.139. The normalized spacial score (nSPS) is 15.0. The number of likely N-dealkylation sites (N-methyl/N-ethyl adjacent to an activating group) is 1. The van der Waals surface area contributed by atoms with Gasteiger partial charge < -0.3 is 9.64 Å². The molecule has 0 saturated carbocycles. The smallest absolute Gasteiger partial charge is 0.250 e. The summed E-state index contributed by atoms with van der Waals surface area (Å²) in [4.78, 5) is 15.5. The highest BCUT2D eigenvalue weighted by molar-refractivity contribution is 8.00. The molecular formula is C24H29N3O2S. The first-order valence-corrected chi connectivity index (χ1v) is 11.0. The van der Waals surface area contributed by atoms with Gasteiger partial charge in [0.25, 0.3) is 0 Å². The third-order valence-corrected chi connectivity index (χ3v) is 6.16. The van der Waals surface area contributed by atoms with Crippen LogP contribution in [0.2, 0.25) is 0 Å². The first kappa shape index (κ1) is 22.0. The number of allylic oxidation sites excluding steroid dienone is 1. The lowest BCUT2D eigenvalue weighted by atomic mass is 9.88. The van der Waals surface area contributed by atoms with Gasteiger partial charge in [-0.05, 0) is 75.2 Å². The summed E-state index contributed by atoms with van der Waals surface area (Å²) in [5, 5.41) is 4.13.